The van der Waals surface area contributed by atoms with Gasteiger partial charge in [-0.1, -0.05) is 38.6 Å². The molecule has 0 saturated carbocycles. The third-order valence-electron chi connectivity index (χ3n) is 4.30. The van der Waals surface area contributed by atoms with E-state index in [0.29, 0.717) is 0 Å². The number of anilines is 1. The van der Waals surface area contributed by atoms with Crippen LogP contribution in [0, 0.1) is 0 Å². The minimum absolute atomic E-state index is 0.0643. The summed E-state index contributed by atoms with van der Waals surface area (Å²) in [5.74, 6) is 0. The quantitative estimate of drug-likeness (QED) is 0.875. The van der Waals surface area contributed by atoms with E-state index in [9.17, 15) is 4.79 Å². The molecule has 4 nitrogen and oxygen atoms in total. The number of thioether (sulfide) groups is 1. The van der Waals surface area contributed by atoms with Crippen LogP contribution < -0.4 is 10.7 Å². The van der Waals surface area contributed by atoms with Crippen LogP contribution in [-0.4, -0.2) is 22.7 Å². The first-order valence-electron chi connectivity index (χ1n) is 7.44. The Hall–Kier alpha value is -1.49. The molecule has 1 unspecified atom stereocenters. The molecular formula is C16H21N3OS. The van der Waals surface area contributed by atoms with Gasteiger partial charge in [0.05, 0.1) is 11.0 Å². The van der Waals surface area contributed by atoms with Crippen molar-refractivity contribution in [2.45, 2.75) is 44.3 Å². The lowest BCUT2D eigenvalue weighted by Gasteiger charge is -2.34. The average molecular weight is 303 g/mol. The normalized spacial score (nSPS) is 23.7. The molecule has 0 fully saturated rings. The van der Waals surface area contributed by atoms with Crippen molar-refractivity contribution >= 4 is 28.4 Å². The molecule has 2 heterocycles. The number of hydrogen-bond acceptors (Lipinski definition) is 4. The molecule has 0 aromatic heterocycles. The van der Waals surface area contributed by atoms with Crippen molar-refractivity contribution in [3.05, 3.63) is 29.3 Å². The summed E-state index contributed by atoms with van der Waals surface area (Å²) < 4.78 is 0. The number of nitrogens with zero attached hydrogens (tertiary/aromatic N) is 1. The standard InChI is InChI=1S/C16H21N3OS/c1-4-13-14(18-19-15(20)21-13)10-5-6-12-11(9-10)16(2,3)7-8-17-12/h5-6,9,13,17H,4,7-8H2,1-3H3,(H,19,20). The van der Waals surface area contributed by atoms with E-state index in [1.54, 1.807) is 0 Å². The van der Waals surface area contributed by atoms with Crippen molar-refractivity contribution in [3.63, 3.8) is 0 Å². The molecule has 1 aromatic rings. The first-order valence-corrected chi connectivity index (χ1v) is 8.32. The number of fused-ring (bicyclic) bond motifs is 1. The summed E-state index contributed by atoms with van der Waals surface area (Å²) in [6.07, 6.45) is 2.02. The summed E-state index contributed by atoms with van der Waals surface area (Å²) in [6.45, 7) is 7.68. The molecule has 0 aliphatic carbocycles. The Morgan fingerprint density at radius 2 is 2.24 bits per heavy atom. The van der Waals surface area contributed by atoms with Gasteiger partial charge in [0, 0.05) is 12.2 Å². The fourth-order valence-electron chi connectivity index (χ4n) is 2.98. The minimum Gasteiger partial charge on any atom is -0.385 e. The zero-order valence-corrected chi connectivity index (χ0v) is 13.5. The number of rotatable bonds is 2. The molecule has 1 atom stereocenters. The number of hydrazone groups is 1. The lowest BCUT2D eigenvalue weighted by molar-refractivity contribution is 0.260. The van der Waals surface area contributed by atoms with E-state index in [0.717, 1.165) is 30.7 Å². The highest BCUT2D eigenvalue weighted by Crippen LogP contribution is 2.37. The topological polar surface area (TPSA) is 53.5 Å². The van der Waals surface area contributed by atoms with Gasteiger partial charge in [-0.15, -0.1) is 0 Å². The van der Waals surface area contributed by atoms with Crippen LogP contribution in [0.3, 0.4) is 0 Å². The molecule has 21 heavy (non-hydrogen) atoms. The molecule has 2 N–H and O–H groups in total. The second-order valence-corrected chi connectivity index (χ2v) is 7.41. The van der Waals surface area contributed by atoms with E-state index in [4.69, 9.17) is 0 Å². The van der Waals surface area contributed by atoms with Gasteiger partial charge in [-0.05, 0) is 41.5 Å². The molecular weight excluding hydrogens is 282 g/mol. The third kappa shape index (κ3) is 2.67. The van der Waals surface area contributed by atoms with E-state index in [1.165, 1.54) is 23.0 Å². The van der Waals surface area contributed by atoms with Gasteiger partial charge in [0.1, 0.15) is 0 Å². The Kier molecular flexibility index (Phi) is 3.69. The van der Waals surface area contributed by atoms with Crippen LogP contribution in [0.25, 0.3) is 0 Å². The Morgan fingerprint density at radius 3 is 3.00 bits per heavy atom. The van der Waals surface area contributed by atoms with Gasteiger partial charge in [-0.2, -0.15) is 5.10 Å². The van der Waals surface area contributed by atoms with Crippen LogP contribution in [0.2, 0.25) is 0 Å². The summed E-state index contributed by atoms with van der Waals surface area (Å²) in [6, 6.07) is 6.48. The number of benzene rings is 1. The lowest BCUT2D eigenvalue weighted by atomic mass is 9.77. The van der Waals surface area contributed by atoms with E-state index in [1.807, 2.05) is 0 Å². The lowest BCUT2D eigenvalue weighted by Crippen LogP contribution is -2.32. The van der Waals surface area contributed by atoms with E-state index in [2.05, 4.69) is 54.8 Å². The summed E-state index contributed by atoms with van der Waals surface area (Å²) >= 11 is 1.33. The van der Waals surface area contributed by atoms with Gasteiger partial charge in [-0.3, -0.25) is 4.79 Å². The molecule has 1 amide bonds. The third-order valence-corrected chi connectivity index (χ3v) is 5.45. The van der Waals surface area contributed by atoms with Crippen molar-refractivity contribution in [3.8, 4) is 0 Å². The second-order valence-electron chi connectivity index (χ2n) is 6.23. The van der Waals surface area contributed by atoms with Crippen LogP contribution in [-0.2, 0) is 5.41 Å². The number of carbonyl (C=O) groups is 1. The average Bonchev–Trinajstić information content (AvgIpc) is 2.47. The first kappa shape index (κ1) is 14.4. The predicted octanol–water partition coefficient (Wildman–Crippen LogP) is 3.72. The maximum atomic E-state index is 11.5. The number of hydrogen-bond donors (Lipinski definition) is 2. The molecule has 5 heteroatoms. The zero-order chi connectivity index (χ0) is 15.0. The van der Waals surface area contributed by atoms with E-state index >= 15 is 0 Å². The zero-order valence-electron chi connectivity index (χ0n) is 12.7. The largest absolute Gasteiger partial charge is 0.385 e. The number of nitrogens with one attached hydrogen (secondary N) is 2. The SMILES string of the molecule is CCC1SC(=O)NN=C1c1ccc2c(c1)C(C)(C)CCN2. The fourth-order valence-corrected chi connectivity index (χ4v) is 3.80. The molecule has 2 aliphatic rings. The van der Waals surface area contributed by atoms with Gasteiger partial charge in [0.2, 0.25) is 0 Å². The molecule has 0 radical (unpaired) electrons. The van der Waals surface area contributed by atoms with Gasteiger partial charge in [0.15, 0.2) is 0 Å². The highest BCUT2D eigenvalue weighted by molar-refractivity contribution is 8.14. The van der Waals surface area contributed by atoms with E-state index < -0.39 is 0 Å². The Labute approximate surface area is 129 Å². The fraction of sp³-hybridized carbons (Fsp3) is 0.500. The molecule has 1 aromatic carbocycles. The Balaban J connectivity index is 2.02. The summed E-state index contributed by atoms with van der Waals surface area (Å²) in [5.41, 5.74) is 7.41. The molecule has 0 saturated heterocycles. The summed E-state index contributed by atoms with van der Waals surface area (Å²) in [4.78, 5) is 11.5. The van der Waals surface area contributed by atoms with Crippen LogP contribution in [0.5, 0.6) is 0 Å². The Bertz CT molecular complexity index is 610. The number of amides is 1. The van der Waals surface area contributed by atoms with Gasteiger partial charge >= 0.3 is 0 Å². The first-order chi connectivity index (χ1) is 10.0. The van der Waals surface area contributed by atoms with Crippen LogP contribution >= 0.6 is 11.8 Å². The molecule has 0 spiro atoms. The Morgan fingerprint density at radius 1 is 1.43 bits per heavy atom. The van der Waals surface area contributed by atoms with Crippen molar-refractivity contribution in [1.82, 2.24) is 5.43 Å². The maximum absolute atomic E-state index is 11.5. The molecule has 3 rings (SSSR count). The molecule has 0 bridgehead atoms. The van der Waals surface area contributed by atoms with Crippen LogP contribution in [0.15, 0.2) is 23.3 Å². The van der Waals surface area contributed by atoms with Crippen molar-refractivity contribution in [2.75, 3.05) is 11.9 Å². The van der Waals surface area contributed by atoms with Crippen molar-refractivity contribution in [2.24, 2.45) is 5.10 Å². The van der Waals surface area contributed by atoms with Crippen molar-refractivity contribution in [1.29, 1.82) is 0 Å². The molecule has 112 valence electrons. The highest BCUT2D eigenvalue weighted by Gasteiger charge is 2.30. The van der Waals surface area contributed by atoms with Gasteiger partial charge in [0.25, 0.3) is 5.24 Å². The smallest absolute Gasteiger partial charge is 0.299 e. The van der Waals surface area contributed by atoms with Gasteiger partial charge < -0.3 is 5.32 Å². The maximum Gasteiger partial charge on any atom is 0.299 e. The minimum atomic E-state index is -0.0643. The van der Waals surface area contributed by atoms with Crippen LogP contribution in [0.1, 0.15) is 44.7 Å². The predicted molar refractivity (Wildman–Crippen MR) is 89.3 cm³/mol. The van der Waals surface area contributed by atoms with Crippen molar-refractivity contribution < 1.29 is 4.79 Å². The monoisotopic (exact) mass is 303 g/mol. The summed E-state index contributed by atoms with van der Waals surface area (Å²) in [5, 5.41) is 7.84. The highest BCUT2D eigenvalue weighted by atomic mass is 32.2. The summed E-state index contributed by atoms with van der Waals surface area (Å²) in [7, 11) is 0. The van der Waals surface area contributed by atoms with Gasteiger partial charge in [-0.25, -0.2) is 5.43 Å². The molecule has 2 aliphatic heterocycles. The van der Waals surface area contributed by atoms with Crippen LogP contribution in [0.4, 0.5) is 10.5 Å². The van der Waals surface area contributed by atoms with E-state index in [-0.39, 0.29) is 15.9 Å². The number of carbonyl (C=O) groups excluding carboxylic acids is 1. The second kappa shape index (κ2) is 5.37.